The van der Waals surface area contributed by atoms with E-state index in [1.165, 1.54) is 24.8 Å². The minimum atomic E-state index is -4.52. The molecule has 0 aliphatic carbocycles. The smallest absolute Gasteiger partial charge is 0.342 e. The Balaban J connectivity index is 1.37. The van der Waals surface area contributed by atoms with Gasteiger partial charge in [-0.15, -0.1) is 0 Å². The summed E-state index contributed by atoms with van der Waals surface area (Å²) in [4.78, 5) is 22.2. The van der Waals surface area contributed by atoms with Crippen molar-refractivity contribution in [3.63, 3.8) is 0 Å². The van der Waals surface area contributed by atoms with E-state index in [4.69, 9.17) is 0 Å². The van der Waals surface area contributed by atoms with Gasteiger partial charge in [-0.25, -0.2) is 9.97 Å². The van der Waals surface area contributed by atoms with E-state index >= 15 is 0 Å². The third kappa shape index (κ3) is 3.83. The predicted octanol–water partition coefficient (Wildman–Crippen LogP) is 3.35. The lowest BCUT2D eigenvalue weighted by molar-refractivity contribution is -0.143. The van der Waals surface area contributed by atoms with Gasteiger partial charge < -0.3 is 15.2 Å². The third-order valence-corrected chi connectivity index (χ3v) is 6.62. The molecule has 11 heteroatoms. The fourth-order valence-electron chi connectivity index (χ4n) is 4.00. The standard InChI is InChI=1S/C19H20F3N7S/c20-19(21,22)15-13(4-1-5-24-15)30-14-9-25-16-17(26-14)28-18(27-16)29-6-2-3-11(10-29)12-7-23-8-12/h1,4-5,9,11-12,23H,2-3,6-8,10H2,(H,25,26,27,28). The number of piperidine rings is 1. The van der Waals surface area contributed by atoms with Gasteiger partial charge in [0.2, 0.25) is 5.95 Å². The summed E-state index contributed by atoms with van der Waals surface area (Å²) in [6.45, 7) is 4.02. The Morgan fingerprint density at radius 2 is 2.00 bits per heavy atom. The molecule has 3 aromatic rings. The van der Waals surface area contributed by atoms with Gasteiger partial charge in [0.25, 0.3) is 0 Å². The molecule has 3 aromatic heterocycles. The van der Waals surface area contributed by atoms with E-state index in [1.54, 1.807) is 0 Å². The van der Waals surface area contributed by atoms with Crippen LogP contribution in [0.2, 0.25) is 0 Å². The summed E-state index contributed by atoms with van der Waals surface area (Å²) in [5.41, 5.74) is 0.0101. The van der Waals surface area contributed by atoms with E-state index < -0.39 is 11.9 Å². The van der Waals surface area contributed by atoms with E-state index in [1.807, 2.05) is 0 Å². The van der Waals surface area contributed by atoms with Crippen molar-refractivity contribution in [1.29, 1.82) is 0 Å². The summed E-state index contributed by atoms with van der Waals surface area (Å²) < 4.78 is 39.6. The molecule has 7 nitrogen and oxygen atoms in total. The molecule has 5 heterocycles. The maximum atomic E-state index is 13.2. The molecule has 2 fully saturated rings. The first kappa shape index (κ1) is 19.6. The highest BCUT2D eigenvalue weighted by Gasteiger charge is 2.35. The summed E-state index contributed by atoms with van der Waals surface area (Å²) in [5.74, 6) is 2.09. The molecule has 2 aliphatic heterocycles. The van der Waals surface area contributed by atoms with Gasteiger partial charge in [0.15, 0.2) is 17.0 Å². The topological polar surface area (TPSA) is 82.6 Å². The number of rotatable bonds is 4. The van der Waals surface area contributed by atoms with Crippen LogP contribution in [0.1, 0.15) is 18.5 Å². The number of imidazole rings is 1. The molecule has 0 amide bonds. The zero-order valence-electron chi connectivity index (χ0n) is 16.0. The minimum Gasteiger partial charge on any atom is -0.342 e. The number of pyridine rings is 1. The number of nitrogens with zero attached hydrogens (tertiary/aromatic N) is 5. The Morgan fingerprint density at radius 1 is 1.13 bits per heavy atom. The van der Waals surface area contributed by atoms with E-state index in [0.717, 1.165) is 62.4 Å². The third-order valence-electron chi connectivity index (χ3n) is 5.66. The number of alkyl halides is 3. The van der Waals surface area contributed by atoms with Crippen molar-refractivity contribution in [3.8, 4) is 0 Å². The first-order valence-corrected chi connectivity index (χ1v) is 10.7. The van der Waals surface area contributed by atoms with E-state index in [-0.39, 0.29) is 4.90 Å². The number of aromatic nitrogens is 5. The molecule has 2 N–H and O–H groups in total. The van der Waals surface area contributed by atoms with Crippen molar-refractivity contribution in [3.05, 3.63) is 30.2 Å². The lowest BCUT2D eigenvalue weighted by atomic mass is 9.82. The molecule has 2 aliphatic rings. The highest BCUT2D eigenvalue weighted by molar-refractivity contribution is 7.99. The van der Waals surface area contributed by atoms with Gasteiger partial charge in [-0.2, -0.15) is 18.2 Å². The molecule has 0 radical (unpaired) electrons. The number of hydrogen-bond donors (Lipinski definition) is 2. The van der Waals surface area contributed by atoms with Crippen LogP contribution in [0.25, 0.3) is 11.3 Å². The van der Waals surface area contributed by atoms with E-state index in [2.05, 4.69) is 35.1 Å². The number of aromatic amines is 1. The van der Waals surface area contributed by atoms with Crippen LogP contribution in [0.3, 0.4) is 0 Å². The van der Waals surface area contributed by atoms with Crippen LogP contribution >= 0.6 is 11.8 Å². The molecule has 0 aromatic carbocycles. The van der Waals surface area contributed by atoms with Crippen molar-refractivity contribution in [2.45, 2.75) is 28.9 Å². The van der Waals surface area contributed by atoms with Crippen LogP contribution < -0.4 is 10.2 Å². The first-order valence-electron chi connectivity index (χ1n) is 9.86. The van der Waals surface area contributed by atoms with Crippen LogP contribution in [-0.2, 0) is 6.18 Å². The largest absolute Gasteiger partial charge is 0.434 e. The molecule has 0 bridgehead atoms. The first-order chi connectivity index (χ1) is 14.5. The Morgan fingerprint density at radius 3 is 2.77 bits per heavy atom. The molecule has 1 unspecified atom stereocenters. The number of hydrogen-bond acceptors (Lipinski definition) is 7. The van der Waals surface area contributed by atoms with Crippen LogP contribution in [0.15, 0.2) is 34.4 Å². The van der Waals surface area contributed by atoms with Crippen molar-refractivity contribution in [2.75, 3.05) is 31.1 Å². The average molecular weight is 435 g/mol. The average Bonchev–Trinajstić information content (AvgIpc) is 3.10. The van der Waals surface area contributed by atoms with Crippen LogP contribution in [0.4, 0.5) is 19.1 Å². The summed E-state index contributed by atoms with van der Waals surface area (Å²) in [5, 5.41) is 3.69. The Labute approximate surface area is 174 Å². The summed E-state index contributed by atoms with van der Waals surface area (Å²) >= 11 is 0.891. The second-order valence-electron chi connectivity index (χ2n) is 7.66. The fourth-order valence-corrected chi connectivity index (χ4v) is 4.87. The number of halogens is 3. The molecule has 1 atom stereocenters. The van der Waals surface area contributed by atoms with Gasteiger partial charge in [0, 0.05) is 24.2 Å². The number of H-pyrrole nitrogens is 1. The van der Waals surface area contributed by atoms with Crippen molar-refractivity contribution >= 4 is 29.0 Å². The zero-order chi connectivity index (χ0) is 20.7. The lowest BCUT2D eigenvalue weighted by Gasteiger charge is -2.41. The summed E-state index contributed by atoms with van der Waals surface area (Å²) in [7, 11) is 0. The normalized spacial score (nSPS) is 20.5. The Hall–Kier alpha value is -2.40. The molecule has 158 valence electrons. The Bertz CT molecular complexity index is 1050. The molecule has 5 rings (SSSR count). The second-order valence-corrected chi connectivity index (χ2v) is 8.72. The SMILES string of the molecule is FC(F)(F)c1ncccc1Sc1cnc2nc(N3CCCC(C4CNC4)C3)[nH]c2n1. The van der Waals surface area contributed by atoms with Crippen LogP contribution in [-0.4, -0.2) is 51.1 Å². The molecular weight excluding hydrogens is 415 g/mol. The van der Waals surface area contributed by atoms with Crippen molar-refractivity contribution in [1.82, 2.24) is 30.2 Å². The second kappa shape index (κ2) is 7.69. The van der Waals surface area contributed by atoms with E-state index in [0.29, 0.717) is 22.2 Å². The van der Waals surface area contributed by atoms with Crippen molar-refractivity contribution < 1.29 is 13.2 Å². The minimum absolute atomic E-state index is 0.00799. The lowest BCUT2D eigenvalue weighted by Crippen LogP contribution is -2.51. The summed E-state index contributed by atoms with van der Waals surface area (Å²) in [6, 6.07) is 2.86. The number of anilines is 1. The van der Waals surface area contributed by atoms with Crippen LogP contribution in [0.5, 0.6) is 0 Å². The molecule has 30 heavy (non-hydrogen) atoms. The van der Waals surface area contributed by atoms with Gasteiger partial charge in [0.05, 0.1) is 6.20 Å². The highest BCUT2D eigenvalue weighted by atomic mass is 32.2. The quantitative estimate of drug-likeness (QED) is 0.650. The van der Waals surface area contributed by atoms with Gasteiger partial charge in [-0.3, -0.25) is 4.98 Å². The monoisotopic (exact) mass is 435 g/mol. The fraction of sp³-hybridized carbons (Fsp3) is 0.474. The molecule has 0 spiro atoms. The highest BCUT2D eigenvalue weighted by Crippen LogP contribution is 2.37. The Kier molecular flexibility index (Phi) is 5.02. The maximum absolute atomic E-state index is 13.2. The van der Waals surface area contributed by atoms with Gasteiger partial charge >= 0.3 is 6.18 Å². The van der Waals surface area contributed by atoms with Gasteiger partial charge in [-0.05, 0) is 49.9 Å². The van der Waals surface area contributed by atoms with Gasteiger partial charge in [0.1, 0.15) is 5.03 Å². The molecular formula is C19H20F3N7S. The maximum Gasteiger partial charge on any atom is 0.434 e. The zero-order valence-corrected chi connectivity index (χ0v) is 16.8. The summed E-state index contributed by atoms with van der Waals surface area (Å²) in [6.07, 6.45) is 0.399. The van der Waals surface area contributed by atoms with Crippen LogP contribution in [0, 0.1) is 11.8 Å². The number of fused-ring (bicyclic) bond motifs is 1. The number of nitrogens with one attached hydrogen (secondary N) is 2. The van der Waals surface area contributed by atoms with Crippen molar-refractivity contribution in [2.24, 2.45) is 11.8 Å². The molecule has 2 saturated heterocycles. The predicted molar refractivity (Wildman–Crippen MR) is 106 cm³/mol. The molecule has 0 saturated carbocycles. The van der Waals surface area contributed by atoms with Gasteiger partial charge in [-0.1, -0.05) is 11.8 Å². The van der Waals surface area contributed by atoms with E-state index in [9.17, 15) is 13.2 Å².